The van der Waals surface area contributed by atoms with Crippen LogP contribution in [0, 0.1) is 5.92 Å². The van der Waals surface area contributed by atoms with Crippen molar-refractivity contribution in [2.24, 2.45) is 5.92 Å². The Morgan fingerprint density at radius 3 is 2.38 bits per heavy atom. The Bertz CT molecular complexity index is 403. The molecule has 1 atom stereocenters. The van der Waals surface area contributed by atoms with Crippen molar-refractivity contribution in [1.82, 2.24) is 10.2 Å². The van der Waals surface area contributed by atoms with Gasteiger partial charge in [-0.05, 0) is 38.1 Å². The number of sulfone groups is 1. The van der Waals surface area contributed by atoms with Crippen molar-refractivity contribution < 1.29 is 8.42 Å². The number of hydrogen-bond acceptors (Lipinski definition) is 4. The van der Waals surface area contributed by atoms with Crippen molar-refractivity contribution in [3.63, 3.8) is 0 Å². The molecule has 1 saturated heterocycles. The molecule has 1 aliphatic heterocycles. The Balaban J connectivity index is 2.68. The fraction of sp³-hybridized carbons (Fsp3) is 1.00. The standard InChI is InChI=1S/C16H34N2O2S/c1-6-16(7-2)13-18(9-8-10-21(5,19)20)15(12-17-16)11-14(3)4/h14-15,17H,6-13H2,1-5H3. The van der Waals surface area contributed by atoms with E-state index in [0.29, 0.717) is 17.7 Å². The summed E-state index contributed by atoms with van der Waals surface area (Å²) in [4.78, 5) is 2.54. The number of hydrogen-bond donors (Lipinski definition) is 1. The molecule has 0 spiro atoms. The van der Waals surface area contributed by atoms with E-state index in [2.05, 4.69) is 37.9 Å². The van der Waals surface area contributed by atoms with Crippen LogP contribution in [0.15, 0.2) is 0 Å². The molecule has 5 heteroatoms. The fourth-order valence-electron chi connectivity index (χ4n) is 3.33. The first kappa shape index (κ1) is 18.9. The van der Waals surface area contributed by atoms with Gasteiger partial charge in [-0.2, -0.15) is 0 Å². The maximum atomic E-state index is 11.3. The highest BCUT2D eigenvalue weighted by molar-refractivity contribution is 7.90. The minimum absolute atomic E-state index is 0.207. The summed E-state index contributed by atoms with van der Waals surface area (Å²) in [6.45, 7) is 12.0. The first-order chi connectivity index (χ1) is 9.71. The van der Waals surface area contributed by atoms with Gasteiger partial charge >= 0.3 is 0 Å². The summed E-state index contributed by atoms with van der Waals surface area (Å²) in [5.41, 5.74) is 0.207. The summed E-state index contributed by atoms with van der Waals surface area (Å²) < 4.78 is 22.7. The van der Waals surface area contributed by atoms with Gasteiger partial charge in [-0.25, -0.2) is 8.42 Å². The van der Waals surface area contributed by atoms with Gasteiger partial charge in [-0.3, -0.25) is 4.90 Å². The van der Waals surface area contributed by atoms with Gasteiger partial charge in [0.25, 0.3) is 0 Å². The van der Waals surface area contributed by atoms with Gasteiger partial charge < -0.3 is 5.32 Å². The Labute approximate surface area is 131 Å². The molecule has 21 heavy (non-hydrogen) atoms. The summed E-state index contributed by atoms with van der Waals surface area (Å²) in [7, 11) is -2.85. The van der Waals surface area contributed by atoms with Crippen molar-refractivity contribution in [3.05, 3.63) is 0 Å². The van der Waals surface area contributed by atoms with E-state index >= 15 is 0 Å². The zero-order valence-electron chi connectivity index (χ0n) is 14.5. The van der Waals surface area contributed by atoms with E-state index in [1.165, 1.54) is 12.7 Å². The molecule has 1 heterocycles. The number of nitrogens with one attached hydrogen (secondary N) is 1. The van der Waals surface area contributed by atoms with Gasteiger partial charge in [0, 0.05) is 30.9 Å². The second-order valence-corrected chi connectivity index (χ2v) is 9.37. The third-order valence-electron chi connectivity index (χ3n) is 4.79. The van der Waals surface area contributed by atoms with Crippen LogP contribution in [0.4, 0.5) is 0 Å². The van der Waals surface area contributed by atoms with Crippen LogP contribution in [0.1, 0.15) is 53.4 Å². The predicted octanol–water partition coefficient (Wildman–Crippen LogP) is 2.30. The second-order valence-electron chi connectivity index (χ2n) is 7.11. The molecule has 0 amide bonds. The van der Waals surface area contributed by atoms with Gasteiger partial charge in [0.05, 0.1) is 5.75 Å². The maximum absolute atomic E-state index is 11.3. The van der Waals surface area contributed by atoms with Crippen molar-refractivity contribution in [2.45, 2.75) is 65.0 Å². The summed E-state index contributed by atoms with van der Waals surface area (Å²) >= 11 is 0. The summed E-state index contributed by atoms with van der Waals surface area (Å²) in [5.74, 6) is 0.973. The van der Waals surface area contributed by atoms with Gasteiger partial charge in [0.1, 0.15) is 9.84 Å². The van der Waals surface area contributed by atoms with Crippen LogP contribution in [0.5, 0.6) is 0 Å². The zero-order valence-corrected chi connectivity index (χ0v) is 15.3. The lowest BCUT2D eigenvalue weighted by molar-refractivity contribution is 0.0625. The lowest BCUT2D eigenvalue weighted by atomic mass is 9.87. The highest BCUT2D eigenvalue weighted by Crippen LogP contribution is 2.25. The molecular weight excluding hydrogens is 284 g/mol. The molecule has 1 rings (SSSR count). The quantitative estimate of drug-likeness (QED) is 0.746. The SMILES string of the molecule is CCC1(CC)CN(CCCS(C)(=O)=O)C(CC(C)C)CN1. The van der Waals surface area contributed by atoms with E-state index in [-0.39, 0.29) is 5.54 Å². The monoisotopic (exact) mass is 318 g/mol. The summed E-state index contributed by atoms with van der Waals surface area (Å²) in [6, 6.07) is 0.538. The van der Waals surface area contributed by atoms with Crippen molar-refractivity contribution in [2.75, 3.05) is 31.6 Å². The maximum Gasteiger partial charge on any atom is 0.147 e. The van der Waals surface area contributed by atoms with E-state index in [9.17, 15) is 8.42 Å². The summed E-state index contributed by atoms with van der Waals surface area (Å²) in [6.07, 6.45) is 5.51. The van der Waals surface area contributed by atoms with Crippen molar-refractivity contribution in [3.8, 4) is 0 Å². The third kappa shape index (κ3) is 6.25. The molecule has 1 unspecified atom stereocenters. The van der Waals surface area contributed by atoms with Gasteiger partial charge in [0.15, 0.2) is 0 Å². The molecule has 0 aromatic heterocycles. The first-order valence-corrected chi connectivity index (χ1v) is 10.4. The smallest absolute Gasteiger partial charge is 0.147 e. The highest BCUT2D eigenvalue weighted by Gasteiger charge is 2.36. The number of piperazine rings is 1. The fourth-order valence-corrected chi connectivity index (χ4v) is 3.98. The first-order valence-electron chi connectivity index (χ1n) is 8.38. The van der Waals surface area contributed by atoms with Crippen LogP contribution in [0.3, 0.4) is 0 Å². The normalized spacial score (nSPS) is 23.6. The van der Waals surface area contributed by atoms with Gasteiger partial charge in [-0.15, -0.1) is 0 Å². The second kappa shape index (κ2) is 7.93. The largest absolute Gasteiger partial charge is 0.308 e. The minimum atomic E-state index is -2.85. The average molecular weight is 319 g/mol. The lowest BCUT2D eigenvalue weighted by Crippen LogP contribution is -2.64. The Hall–Kier alpha value is -0.130. The van der Waals surface area contributed by atoms with Crippen molar-refractivity contribution in [1.29, 1.82) is 0 Å². The van der Waals surface area contributed by atoms with Crippen LogP contribution in [-0.4, -0.2) is 56.5 Å². The molecule has 0 radical (unpaired) electrons. The zero-order chi connectivity index (χ0) is 16.1. The van der Waals surface area contributed by atoms with Crippen LogP contribution < -0.4 is 5.32 Å². The summed E-state index contributed by atoms with van der Waals surface area (Å²) in [5, 5.41) is 3.76. The van der Waals surface area contributed by atoms with E-state index in [1.54, 1.807) is 0 Å². The van der Waals surface area contributed by atoms with Crippen LogP contribution in [0.25, 0.3) is 0 Å². The average Bonchev–Trinajstić information content (AvgIpc) is 2.39. The van der Waals surface area contributed by atoms with E-state index in [0.717, 1.165) is 38.9 Å². The topological polar surface area (TPSA) is 49.4 Å². The van der Waals surface area contributed by atoms with Crippen molar-refractivity contribution >= 4 is 9.84 Å². The van der Waals surface area contributed by atoms with E-state index in [4.69, 9.17) is 0 Å². The molecule has 0 aliphatic carbocycles. The number of rotatable bonds is 8. The highest BCUT2D eigenvalue weighted by atomic mass is 32.2. The Kier molecular flexibility index (Phi) is 7.14. The van der Waals surface area contributed by atoms with Crippen LogP contribution >= 0.6 is 0 Å². The molecule has 126 valence electrons. The van der Waals surface area contributed by atoms with Gasteiger partial charge in [-0.1, -0.05) is 27.7 Å². The molecule has 4 nitrogen and oxygen atoms in total. The molecule has 1 N–H and O–H groups in total. The molecular formula is C16H34N2O2S. The molecule has 0 saturated carbocycles. The van der Waals surface area contributed by atoms with Gasteiger partial charge in [0.2, 0.25) is 0 Å². The Morgan fingerprint density at radius 2 is 1.90 bits per heavy atom. The predicted molar refractivity (Wildman–Crippen MR) is 90.5 cm³/mol. The number of nitrogens with zero attached hydrogens (tertiary/aromatic N) is 1. The molecule has 1 fully saturated rings. The van der Waals surface area contributed by atoms with Crippen LogP contribution in [-0.2, 0) is 9.84 Å². The Morgan fingerprint density at radius 1 is 1.29 bits per heavy atom. The third-order valence-corrected chi connectivity index (χ3v) is 5.82. The minimum Gasteiger partial charge on any atom is -0.308 e. The van der Waals surface area contributed by atoms with E-state index in [1.807, 2.05) is 0 Å². The molecule has 0 aromatic rings. The van der Waals surface area contributed by atoms with Crippen LogP contribution in [0.2, 0.25) is 0 Å². The molecule has 0 aromatic carbocycles. The molecule has 1 aliphatic rings. The lowest BCUT2D eigenvalue weighted by Gasteiger charge is -2.48. The van der Waals surface area contributed by atoms with E-state index < -0.39 is 9.84 Å². The molecule has 0 bridgehead atoms.